The van der Waals surface area contributed by atoms with Crippen LogP contribution < -0.4 is 5.32 Å². The van der Waals surface area contributed by atoms with Crippen LogP contribution in [-0.4, -0.2) is 17.4 Å². The topological polar surface area (TPSA) is 42.0 Å². The maximum Gasteiger partial charge on any atom is 0.253 e. The second-order valence-corrected chi connectivity index (χ2v) is 8.19. The average Bonchev–Trinajstić information content (AvgIpc) is 3.55. The molecule has 2 aliphatic carbocycles. The fourth-order valence-electron chi connectivity index (χ4n) is 4.00. The Hall–Kier alpha value is -2.68. The molecule has 3 heteroatoms. The van der Waals surface area contributed by atoms with Gasteiger partial charge in [0.2, 0.25) is 0 Å². The Balaban J connectivity index is 0.00000124. The lowest BCUT2D eigenvalue weighted by Gasteiger charge is -2.21. The fourth-order valence-corrected chi connectivity index (χ4v) is 4.00. The molecule has 0 saturated heterocycles. The summed E-state index contributed by atoms with van der Waals surface area (Å²) in [5, 5.41) is 3.94. The van der Waals surface area contributed by atoms with Gasteiger partial charge in [-0.1, -0.05) is 63.8 Å². The number of amides is 1. The van der Waals surface area contributed by atoms with Crippen LogP contribution in [0.25, 0.3) is 16.5 Å². The first-order valence-electron chi connectivity index (χ1n) is 11.3. The van der Waals surface area contributed by atoms with Crippen LogP contribution in [0.3, 0.4) is 0 Å². The minimum atomic E-state index is -0.113. The maximum absolute atomic E-state index is 12.5. The quantitative estimate of drug-likeness (QED) is 0.536. The Morgan fingerprint density at radius 2 is 2.07 bits per heavy atom. The van der Waals surface area contributed by atoms with E-state index in [-0.39, 0.29) is 5.91 Å². The minimum Gasteiger partial charge on any atom is -0.348 e. The molecule has 0 bridgehead atoms. The number of aromatic nitrogens is 1. The van der Waals surface area contributed by atoms with E-state index in [1.54, 1.807) is 6.20 Å². The van der Waals surface area contributed by atoms with Crippen LogP contribution in [0.15, 0.2) is 60.8 Å². The van der Waals surface area contributed by atoms with Crippen LogP contribution in [0.4, 0.5) is 0 Å². The molecule has 1 spiro atoms. The highest BCUT2D eigenvalue weighted by Gasteiger charge is 2.42. The van der Waals surface area contributed by atoms with E-state index in [1.807, 2.05) is 38.1 Å². The van der Waals surface area contributed by atoms with Crippen molar-refractivity contribution >= 4 is 22.4 Å². The molecule has 1 saturated carbocycles. The molecular formula is C27H34N2O. The molecule has 30 heavy (non-hydrogen) atoms. The van der Waals surface area contributed by atoms with Gasteiger partial charge in [0.1, 0.15) is 0 Å². The monoisotopic (exact) mass is 402 g/mol. The molecule has 0 atom stereocenters. The van der Waals surface area contributed by atoms with Gasteiger partial charge in [0.15, 0.2) is 0 Å². The van der Waals surface area contributed by atoms with Gasteiger partial charge in [-0.15, -0.1) is 0 Å². The van der Waals surface area contributed by atoms with E-state index in [1.165, 1.54) is 36.8 Å². The third kappa shape index (κ3) is 5.08. The Labute approximate surface area is 181 Å². The van der Waals surface area contributed by atoms with Gasteiger partial charge in [-0.25, -0.2) is 0 Å². The van der Waals surface area contributed by atoms with Crippen molar-refractivity contribution in [3.63, 3.8) is 0 Å². The number of para-hydroxylation sites is 1. The largest absolute Gasteiger partial charge is 0.348 e. The smallest absolute Gasteiger partial charge is 0.253 e. The number of hydrogen-bond donors (Lipinski definition) is 1. The van der Waals surface area contributed by atoms with E-state index in [0.717, 1.165) is 29.3 Å². The maximum atomic E-state index is 12.5. The summed E-state index contributed by atoms with van der Waals surface area (Å²) in [6, 6.07) is 8.21. The number of benzene rings is 1. The van der Waals surface area contributed by atoms with Crippen molar-refractivity contribution in [1.29, 1.82) is 0 Å². The summed E-state index contributed by atoms with van der Waals surface area (Å²) in [5.41, 5.74) is 5.73. The number of carbonyl (C=O) groups excluding carboxylic acids is 1. The zero-order valence-corrected chi connectivity index (χ0v) is 18.6. The van der Waals surface area contributed by atoms with Gasteiger partial charge >= 0.3 is 0 Å². The summed E-state index contributed by atoms with van der Waals surface area (Å²) in [7, 11) is 0. The molecular weight excluding hydrogens is 368 g/mol. The normalized spacial score (nSPS) is 16.7. The second kappa shape index (κ2) is 9.88. The van der Waals surface area contributed by atoms with Gasteiger partial charge < -0.3 is 5.32 Å². The number of carbonyl (C=O) groups is 1. The summed E-state index contributed by atoms with van der Waals surface area (Å²) >= 11 is 0. The fraction of sp³-hybridized carbons (Fsp3) is 0.407. The molecule has 1 fully saturated rings. The first kappa shape index (κ1) is 22.0. The molecule has 1 N–H and O–H groups in total. The number of nitrogens with one attached hydrogen (secondary N) is 1. The number of allylic oxidation sites excluding steroid dienone is 3. The molecule has 4 rings (SSSR count). The van der Waals surface area contributed by atoms with Crippen molar-refractivity contribution in [1.82, 2.24) is 10.3 Å². The number of rotatable bonds is 6. The molecule has 1 amide bonds. The Bertz CT molecular complexity index is 980. The van der Waals surface area contributed by atoms with Crippen LogP contribution >= 0.6 is 0 Å². The minimum absolute atomic E-state index is 0.113. The molecule has 1 heterocycles. The van der Waals surface area contributed by atoms with Gasteiger partial charge in [-0.3, -0.25) is 9.78 Å². The number of fused-ring (bicyclic) bond motifs is 1. The van der Waals surface area contributed by atoms with Crippen LogP contribution in [0.1, 0.15) is 75.2 Å². The van der Waals surface area contributed by atoms with Crippen molar-refractivity contribution in [2.45, 2.75) is 59.3 Å². The predicted octanol–water partition coefficient (Wildman–Crippen LogP) is 6.86. The number of hydrogen-bond acceptors (Lipinski definition) is 2. The molecule has 2 aliphatic rings. The van der Waals surface area contributed by atoms with Gasteiger partial charge in [0.25, 0.3) is 5.91 Å². The summed E-state index contributed by atoms with van der Waals surface area (Å²) in [5.74, 6) is -0.113. The van der Waals surface area contributed by atoms with E-state index >= 15 is 0 Å². The van der Waals surface area contributed by atoms with Crippen molar-refractivity contribution in [2.75, 3.05) is 6.54 Å². The van der Waals surface area contributed by atoms with Gasteiger partial charge in [0, 0.05) is 23.7 Å². The standard InChI is InChI=1S/C25H28N2O.C2H6/c1-3-4-6-18(2)16-27-24(28)21-15-20-7-5-8-22(23(20)26-17-21)19-9-11-25(12-10-19)13-14-25;1-2/h4-9,15,17H,2-3,10-14,16H2,1H3,(H,27,28);1-2H3/b6-4-;. The van der Waals surface area contributed by atoms with Crippen molar-refractivity contribution in [3.05, 3.63) is 72.0 Å². The molecule has 0 radical (unpaired) electrons. The number of nitrogens with zero attached hydrogens (tertiary/aromatic N) is 1. The van der Waals surface area contributed by atoms with E-state index in [2.05, 4.69) is 42.0 Å². The summed E-state index contributed by atoms with van der Waals surface area (Å²) in [4.78, 5) is 17.2. The summed E-state index contributed by atoms with van der Waals surface area (Å²) < 4.78 is 0. The number of pyridine rings is 1. The third-order valence-electron chi connectivity index (χ3n) is 6.05. The molecule has 3 nitrogen and oxygen atoms in total. The van der Waals surface area contributed by atoms with Crippen molar-refractivity contribution in [3.8, 4) is 0 Å². The Morgan fingerprint density at radius 3 is 2.73 bits per heavy atom. The lowest BCUT2D eigenvalue weighted by atomic mass is 9.84. The van der Waals surface area contributed by atoms with E-state index in [4.69, 9.17) is 0 Å². The van der Waals surface area contributed by atoms with Gasteiger partial charge in [-0.2, -0.15) is 0 Å². The average molecular weight is 403 g/mol. The Morgan fingerprint density at radius 1 is 1.27 bits per heavy atom. The zero-order valence-electron chi connectivity index (χ0n) is 18.6. The highest BCUT2D eigenvalue weighted by molar-refractivity contribution is 5.99. The lowest BCUT2D eigenvalue weighted by Crippen LogP contribution is -2.25. The SMILES string of the molecule is C=C(/C=C\CC)CNC(=O)c1cnc2c(C3=CCC4(CC3)CC4)cccc2c1.CC. The summed E-state index contributed by atoms with van der Waals surface area (Å²) in [6.45, 7) is 10.5. The van der Waals surface area contributed by atoms with E-state index in [9.17, 15) is 4.79 Å². The first-order chi connectivity index (χ1) is 14.6. The zero-order chi connectivity index (χ0) is 21.6. The molecule has 0 aliphatic heterocycles. The van der Waals surface area contributed by atoms with Crippen LogP contribution in [-0.2, 0) is 0 Å². The van der Waals surface area contributed by atoms with E-state index < -0.39 is 0 Å². The van der Waals surface area contributed by atoms with Crippen LogP contribution in [0.2, 0.25) is 0 Å². The first-order valence-corrected chi connectivity index (χ1v) is 11.3. The molecule has 158 valence electrons. The highest BCUT2D eigenvalue weighted by Crippen LogP contribution is 2.56. The lowest BCUT2D eigenvalue weighted by molar-refractivity contribution is 0.0957. The Kier molecular flexibility index (Phi) is 7.25. The van der Waals surface area contributed by atoms with E-state index in [0.29, 0.717) is 17.5 Å². The van der Waals surface area contributed by atoms with Gasteiger partial charge in [-0.05, 0) is 61.2 Å². The predicted molar refractivity (Wildman–Crippen MR) is 127 cm³/mol. The molecule has 1 aromatic heterocycles. The summed E-state index contributed by atoms with van der Waals surface area (Å²) in [6.07, 6.45) is 15.5. The van der Waals surface area contributed by atoms with Crippen LogP contribution in [0, 0.1) is 5.41 Å². The van der Waals surface area contributed by atoms with Crippen molar-refractivity contribution < 1.29 is 4.79 Å². The molecule has 2 aromatic rings. The third-order valence-corrected chi connectivity index (χ3v) is 6.05. The van der Waals surface area contributed by atoms with Crippen LogP contribution in [0.5, 0.6) is 0 Å². The highest BCUT2D eigenvalue weighted by atomic mass is 16.1. The molecule has 0 unspecified atom stereocenters. The van der Waals surface area contributed by atoms with Gasteiger partial charge in [0.05, 0.1) is 11.1 Å². The second-order valence-electron chi connectivity index (χ2n) is 8.19. The molecule has 1 aromatic carbocycles. The van der Waals surface area contributed by atoms with Crippen molar-refractivity contribution in [2.24, 2.45) is 5.41 Å².